The molecule has 0 aromatic heterocycles. The molecule has 3 heteroatoms. The van der Waals surface area contributed by atoms with E-state index in [9.17, 15) is 0 Å². The Balaban J connectivity index is 2.67. The van der Waals surface area contributed by atoms with Gasteiger partial charge in [0, 0.05) is 6.61 Å². The first-order valence-electron chi connectivity index (χ1n) is 5.50. The minimum absolute atomic E-state index is 0.0440. The highest BCUT2D eigenvalue weighted by molar-refractivity contribution is 4.98. The second kappa shape index (κ2) is 5.49. The fourth-order valence-electron chi connectivity index (χ4n) is 2.46. The van der Waals surface area contributed by atoms with Crippen LogP contribution in [0.4, 0.5) is 0 Å². The van der Waals surface area contributed by atoms with Gasteiger partial charge < -0.3 is 4.74 Å². The minimum atomic E-state index is -0.0440. The summed E-state index contributed by atoms with van der Waals surface area (Å²) in [6.07, 6.45) is 7.50. The molecule has 1 unspecified atom stereocenters. The monoisotopic (exact) mass is 198 g/mol. The highest BCUT2D eigenvalue weighted by Gasteiger charge is 2.40. The van der Waals surface area contributed by atoms with Gasteiger partial charge in [0.05, 0.1) is 11.6 Å². The minimum Gasteiger partial charge on any atom is -0.374 e. The highest BCUT2D eigenvalue weighted by atomic mass is 16.5. The molecule has 0 spiro atoms. The molecule has 1 saturated carbocycles. The summed E-state index contributed by atoms with van der Waals surface area (Å²) in [4.78, 5) is 0. The first-order valence-corrected chi connectivity index (χ1v) is 5.50. The summed E-state index contributed by atoms with van der Waals surface area (Å²) in [5.74, 6) is 5.58. The predicted octanol–water partition coefficient (Wildman–Crippen LogP) is 1.74. The Labute approximate surface area is 86.7 Å². The molecule has 0 amide bonds. The predicted molar refractivity (Wildman–Crippen MR) is 58.8 cm³/mol. The van der Waals surface area contributed by atoms with Crippen molar-refractivity contribution in [3.8, 4) is 0 Å². The van der Waals surface area contributed by atoms with E-state index in [0.717, 1.165) is 25.9 Å². The van der Waals surface area contributed by atoms with Crippen LogP contribution in [-0.2, 0) is 4.74 Å². The summed E-state index contributed by atoms with van der Waals surface area (Å²) in [5.41, 5.74) is 2.83. The summed E-state index contributed by atoms with van der Waals surface area (Å²) in [7, 11) is 0. The van der Waals surface area contributed by atoms with Crippen LogP contribution in [0.25, 0.3) is 0 Å². The molecule has 3 N–H and O–H groups in total. The fraction of sp³-hybridized carbons (Fsp3) is 0.818. The van der Waals surface area contributed by atoms with Crippen molar-refractivity contribution < 1.29 is 4.74 Å². The standard InChI is InChI=1S/C11H22N2O/c1-3-7-10(13-12)11(14-4-2)8-5-6-9-11/h3,10,13H,1,4-9,12H2,2H3. The third-order valence-electron chi connectivity index (χ3n) is 3.12. The number of nitrogens with two attached hydrogens (primary N) is 1. The van der Waals surface area contributed by atoms with E-state index in [1.807, 2.05) is 13.0 Å². The van der Waals surface area contributed by atoms with Gasteiger partial charge in [-0.15, -0.1) is 6.58 Å². The Hall–Kier alpha value is -0.380. The maximum atomic E-state index is 5.91. The van der Waals surface area contributed by atoms with Gasteiger partial charge in [-0.3, -0.25) is 11.3 Å². The first-order chi connectivity index (χ1) is 6.79. The number of hydrogen-bond acceptors (Lipinski definition) is 3. The van der Waals surface area contributed by atoms with Gasteiger partial charge in [-0.2, -0.15) is 0 Å². The van der Waals surface area contributed by atoms with Crippen molar-refractivity contribution in [1.82, 2.24) is 5.43 Å². The van der Waals surface area contributed by atoms with Crippen LogP contribution in [0.2, 0.25) is 0 Å². The molecule has 0 saturated heterocycles. The molecule has 1 rings (SSSR count). The van der Waals surface area contributed by atoms with Gasteiger partial charge in [-0.05, 0) is 26.2 Å². The maximum absolute atomic E-state index is 5.91. The van der Waals surface area contributed by atoms with Crippen LogP contribution in [0, 0.1) is 0 Å². The lowest BCUT2D eigenvalue weighted by Gasteiger charge is -2.36. The Bertz CT molecular complexity index is 176. The van der Waals surface area contributed by atoms with E-state index in [0.29, 0.717) is 0 Å². The molecule has 82 valence electrons. The normalized spacial score (nSPS) is 22.1. The first kappa shape index (κ1) is 11.7. The molecular weight excluding hydrogens is 176 g/mol. The van der Waals surface area contributed by atoms with Crippen molar-refractivity contribution in [3.63, 3.8) is 0 Å². The molecular formula is C11H22N2O. The third kappa shape index (κ3) is 2.35. The van der Waals surface area contributed by atoms with Gasteiger partial charge in [0.25, 0.3) is 0 Å². The van der Waals surface area contributed by atoms with E-state index in [2.05, 4.69) is 12.0 Å². The van der Waals surface area contributed by atoms with Gasteiger partial charge in [0.15, 0.2) is 0 Å². The Morgan fingerprint density at radius 2 is 2.21 bits per heavy atom. The van der Waals surface area contributed by atoms with Crippen LogP contribution >= 0.6 is 0 Å². The molecule has 0 radical (unpaired) electrons. The van der Waals surface area contributed by atoms with Gasteiger partial charge in [-0.25, -0.2) is 0 Å². The number of nitrogens with one attached hydrogen (secondary N) is 1. The molecule has 1 fully saturated rings. The van der Waals surface area contributed by atoms with Crippen molar-refractivity contribution in [1.29, 1.82) is 0 Å². The molecule has 0 aromatic rings. The molecule has 1 aliphatic carbocycles. The summed E-state index contributed by atoms with van der Waals surface area (Å²) in [6, 6.07) is 0.211. The van der Waals surface area contributed by atoms with Crippen LogP contribution in [0.3, 0.4) is 0 Å². The van der Waals surface area contributed by atoms with E-state index < -0.39 is 0 Å². The van der Waals surface area contributed by atoms with Crippen LogP contribution in [-0.4, -0.2) is 18.2 Å². The second-order valence-electron chi connectivity index (χ2n) is 3.95. The average molecular weight is 198 g/mol. The summed E-state index contributed by atoms with van der Waals surface area (Å²) in [5, 5.41) is 0. The zero-order valence-electron chi connectivity index (χ0n) is 9.09. The SMILES string of the molecule is C=CCC(NN)C1(OCC)CCCC1. The van der Waals surface area contributed by atoms with Crippen molar-refractivity contribution >= 4 is 0 Å². The van der Waals surface area contributed by atoms with Crippen molar-refractivity contribution in [2.75, 3.05) is 6.61 Å². The number of hydrogen-bond donors (Lipinski definition) is 2. The number of ether oxygens (including phenoxy) is 1. The second-order valence-corrected chi connectivity index (χ2v) is 3.95. The largest absolute Gasteiger partial charge is 0.374 e. The van der Waals surface area contributed by atoms with Crippen LogP contribution in [0.5, 0.6) is 0 Å². The van der Waals surface area contributed by atoms with Crippen molar-refractivity contribution in [2.45, 2.75) is 50.7 Å². The maximum Gasteiger partial charge on any atom is 0.0851 e. The highest BCUT2D eigenvalue weighted by Crippen LogP contribution is 2.37. The Morgan fingerprint density at radius 1 is 1.57 bits per heavy atom. The molecule has 0 heterocycles. The lowest BCUT2D eigenvalue weighted by Crippen LogP contribution is -2.53. The molecule has 0 aromatic carbocycles. The smallest absolute Gasteiger partial charge is 0.0851 e. The number of hydrazine groups is 1. The quantitative estimate of drug-likeness (QED) is 0.388. The van der Waals surface area contributed by atoms with E-state index in [-0.39, 0.29) is 11.6 Å². The van der Waals surface area contributed by atoms with Gasteiger partial charge in [-0.1, -0.05) is 18.9 Å². The zero-order chi connectivity index (χ0) is 10.4. The van der Waals surface area contributed by atoms with Gasteiger partial charge in [0.1, 0.15) is 0 Å². The van der Waals surface area contributed by atoms with Crippen molar-refractivity contribution in [3.05, 3.63) is 12.7 Å². The van der Waals surface area contributed by atoms with E-state index in [1.54, 1.807) is 0 Å². The topological polar surface area (TPSA) is 47.3 Å². The number of rotatable bonds is 6. The molecule has 1 aliphatic rings. The summed E-state index contributed by atoms with van der Waals surface area (Å²) >= 11 is 0. The van der Waals surface area contributed by atoms with Crippen LogP contribution in [0.1, 0.15) is 39.0 Å². The van der Waals surface area contributed by atoms with Gasteiger partial charge >= 0.3 is 0 Å². The summed E-state index contributed by atoms with van der Waals surface area (Å²) in [6.45, 7) is 6.56. The fourth-order valence-corrected chi connectivity index (χ4v) is 2.46. The average Bonchev–Trinajstić information content (AvgIpc) is 2.64. The molecule has 1 atom stereocenters. The van der Waals surface area contributed by atoms with Crippen molar-refractivity contribution in [2.24, 2.45) is 5.84 Å². The van der Waals surface area contributed by atoms with Crippen LogP contribution < -0.4 is 11.3 Å². The zero-order valence-corrected chi connectivity index (χ0v) is 9.09. The van der Waals surface area contributed by atoms with E-state index >= 15 is 0 Å². The Kier molecular flexibility index (Phi) is 4.58. The van der Waals surface area contributed by atoms with Crippen LogP contribution in [0.15, 0.2) is 12.7 Å². The Morgan fingerprint density at radius 3 is 2.64 bits per heavy atom. The molecule has 14 heavy (non-hydrogen) atoms. The molecule has 0 aliphatic heterocycles. The lowest BCUT2D eigenvalue weighted by molar-refractivity contribution is -0.0607. The lowest BCUT2D eigenvalue weighted by atomic mass is 9.90. The van der Waals surface area contributed by atoms with Gasteiger partial charge in [0.2, 0.25) is 0 Å². The molecule has 3 nitrogen and oxygen atoms in total. The third-order valence-corrected chi connectivity index (χ3v) is 3.12. The summed E-state index contributed by atoms with van der Waals surface area (Å²) < 4.78 is 5.91. The molecule has 0 bridgehead atoms. The van der Waals surface area contributed by atoms with E-state index in [4.69, 9.17) is 10.6 Å². The van der Waals surface area contributed by atoms with E-state index in [1.165, 1.54) is 12.8 Å².